The maximum Gasteiger partial charge on any atom is 0.232 e. The van der Waals surface area contributed by atoms with E-state index >= 15 is 0 Å². The number of anilines is 3. The molecule has 1 fully saturated rings. The minimum Gasteiger partial charge on any atom is -0.378 e. The number of morpholine rings is 1. The molecule has 0 unspecified atom stereocenters. The van der Waals surface area contributed by atoms with Crippen molar-refractivity contribution in [3.05, 3.63) is 16.6 Å². The lowest BCUT2D eigenvalue weighted by atomic mass is 10.4. The number of rotatable bonds is 5. The van der Waals surface area contributed by atoms with Crippen LogP contribution in [0.1, 0.15) is 5.01 Å². The molecule has 1 aliphatic rings. The van der Waals surface area contributed by atoms with Crippen molar-refractivity contribution in [3.63, 3.8) is 0 Å². The van der Waals surface area contributed by atoms with Crippen molar-refractivity contribution in [2.75, 3.05) is 48.9 Å². The number of aromatic nitrogens is 4. The fourth-order valence-corrected chi connectivity index (χ4v) is 2.51. The van der Waals surface area contributed by atoms with Crippen molar-refractivity contribution in [1.82, 2.24) is 19.9 Å². The van der Waals surface area contributed by atoms with Gasteiger partial charge in [-0.3, -0.25) is 0 Å². The molecule has 0 radical (unpaired) electrons. The zero-order valence-corrected chi connectivity index (χ0v) is 12.6. The van der Waals surface area contributed by atoms with E-state index in [9.17, 15) is 0 Å². The molecule has 0 spiro atoms. The Balaban J connectivity index is 1.75. The van der Waals surface area contributed by atoms with Crippen LogP contribution in [0.4, 0.5) is 17.8 Å². The molecule has 0 saturated carbocycles. The average Bonchev–Trinajstić information content (AvgIpc) is 3.07. The Hall–Kier alpha value is -2.00. The van der Waals surface area contributed by atoms with Crippen LogP contribution in [0.15, 0.2) is 11.6 Å². The Morgan fingerprint density at radius 3 is 2.76 bits per heavy atom. The van der Waals surface area contributed by atoms with Gasteiger partial charge in [0.2, 0.25) is 17.8 Å². The molecule has 0 amide bonds. The van der Waals surface area contributed by atoms with E-state index in [1.807, 2.05) is 5.38 Å². The molecule has 8 nitrogen and oxygen atoms in total. The van der Waals surface area contributed by atoms with E-state index in [0.717, 1.165) is 18.1 Å². The van der Waals surface area contributed by atoms with Crippen LogP contribution < -0.4 is 15.5 Å². The Labute approximate surface area is 126 Å². The number of hydrogen-bond donors (Lipinski definition) is 2. The molecule has 2 N–H and O–H groups in total. The zero-order chi connectivity index (χ0) is 14.5. The lowest BCUT2D eigenvalue weighted by molar-refractivity contribution is 0.122. The maximum absolute atomic E-state index is 5.35. The van der Waals surface area contributed by atoms with Gasteiger partial charge in [-0.25, -0.2) is 4.98 Å². The fraction of sp³-hybridized carbons (Fsp3) is 0.500. The molecule has 2 aromatic rings. The third kappa shape index (κ3) is 3.56. The van der Waals surface area contributed by atoms with E-state index in [1.54, 1.807) is 24.6 Å². The van der Waals surface area contributed by atoms with Gasteiger partial charge in [-0.15, -0.1) is 11.3 Å². The second-order valence-electron chi connectivity index (χ2n) is 4.41. The van der Waals surface area contributed by atoms with Crippen LogP contribution in [-0.4, -0.2) is 53.3 Å². The second kappa shape index (κ2) is 6.64. The summed E-state index contributed by atoms with van der Waals surface area (Å²) < 4.78 is 5.35. The number of nitrogens with zero attached hydrogens (tertiary/aromatic N) is 5. The van der Waals surface area contributed by atoms with Crippen molar-refractivity contribution in [1.29, 1.82) is 0 Å². The minimum absolute atomic E-state index is 0.547. The van der Waals surface area contributed by atoms with Gasteiger partial charge in [-0.2, -0.15) is 15.0 Å². The Bertz CT molecular complexity index is 571. The molecule has 0 atom stereocenters. The summed E-state index contributed by atoms with van der Waals surface area (Å²) in [7, 11) is 1.79. The van der Waals surface area contributed by atoms with Gasteiger partial charge in [-0.1, -0.05) is 0 Å². The van der Waals surface area contributed by atoms with E-state index in [0.29, 0.717) is 37.6 Å². The highest BCUT2D eigenvalue weighted by molar-refractivity contribution is 7.09. The highest BCUT2D eigenvalue weighted by atomic mass is 32.1. The summed E-state index contributed by atoms with van der Waals surface area (Å²) in [5, 5.41) is 9.10. The molecule has 2 aromatic heterocycles. The van der Waals surface area contributed by atoms with Crippen molar-refractivity contribution < 1.29 is 4.74 Å². The zero-order valence-electron chi connectivity index (χ0n) is 11.7. The molecule has 112 valence electrons. The largest absolute Gasteiger partial charge is 0.378 e. The van der Waals surface area contributed by atoms with E-state index in [2.05, 4.69) is 35.5 Å². The number of ether oxygens (including phenoxy) is 1. The van der Waals surface area contributed by atoms with Crippen LogP contribution in [0.3, 0.4) is 0 Å². The molecular formula is C12H17N7OS. The van der Waals surface area contributed by atoms with Crippen molar-refractivity contribution in [3.8, 4) is 0 Å². The number of hydrogen-bond acceptors (Lipinski definition) is 9. The molecule has 1 saturated heterocycles. The first-order valence-corrected chi connectivity index (χ1v) is 7.62. The van der Waals surface area contributed by atoms with Gasteiger partial charge in [0.1, 0.15) is 5.01 Å². The van der Waals surface area contributed by atoms with Crippen LogP contribution >= 0.6 is 11.3 Å². The van der Waals surface area contributed by atoms with Gasteiger partial charge < -0.3 is 20.3 Å². The lowest BCUT2D eigenvalue weighted by Gasteiger charge is -2.27. The molecular weight excluding hydrogens is 290 g/mol. The molecule has 3 rings (SSSR count). The van der Waals surface area contributed by atoms with Gasteiger partial charge in [0.05, 0.1) is 19.8 Å². The molecule has 0 bridgehead atoms. The fourth-order valence-electron chi connectivity index (χ4n) is 1.96. The van der Waals surface area contributed by atoms with Gasteiger partial charge in [-0.05, 0) is 0 Å². The molecule has 3 heterocycles. The first kappa shape index (κ1) is 14.0. The molecule has 21 heavy (non-hydrogen) atoms. The monoisotopic (exact) mass is 307 g/mol. The predicted octanol–water partition coefficient (Wildman–Crippen LogP) is 0.818. The van der Waals surface area contributed by atoms with Crippen LogP contribution in [0.5, 0.6) is 0 Å². The number of nitrogens with one attached hydrogen (secondary N) is 2. The summed E-state index contributed by atoms with van der Waals surface area (Å²) >= 11 is 1.60. The topological polar surface area (TPSA) is 88.1 Å². The van der Waals surface area contributed by atoms with Crippen LogP contribution in [0.25, 0.3) is 0 Å². The van der Waals surface area contributed by atoms with Crippen LogP contribution in [0.2, 0.25) is 0 Å². The Kier molecular flexibility index (Phi) is 4.41. The lowest BCUT2D eigenvalue weighted by Crippen LogP contribution is -2.37. The van der Waals surface area contributed by atoms with Crippen molar-refractivity contribution in [2.24, 2.45) is 0 Å². The molecule has 0 aromatic carbocycles. The summed E-state index contributed by atoms with van der Waals surface area (Å²) in [4.78, 5) is 19.5. The minimum atomic E-state index is 0.547. The first-order valence-electron chi connectivity index (χ1n) is 6.74. The predicted molar refractivity (Wildman–Crippen MR) is 81.8 cm³/mol. The van der Waals surface area contributed by atoms with Crippen LogP contribution in [0, 0.1) is 0 Å². The van der Waals surface area contributed by atoms with E-state index < -0.39 is 0 Å². The molecule has 9 heteroatoms. The van der Waals surface area contributed by atoms with E-state index in [-0.39, 0.29) is 0 Å². The second-order valence-corrected chi connectivity index (χ2v) is 5.39. The average molecular weight is 307 g/mol. The Morgan fingerprint density at radius 1 is 1.24 bits per heavy atom. The summed E-state index contributed by atoms with van der Waals surface area (Å²) in [5.74, 6) is 1.76. The van der Waals surface area contributed by atoms with Crippen molar-refractivity contribution in [2.45, 2.75) is 6.54 Å². The molecule has 1 aliphatic heterocycles. The number of thiazole rings is 1. The maximum atomic E-state index is 5.35. The SMILES string of the molecule is CNc1nc(NCc2nccs2)nc(N2CCOCC2)n1. The van der Waals surface area contributed by atoms with Crippen molar-refractivity contribution >= 4 is 29.2 Å². The van der Waals surface area contributed by atoms with E-state index in [1.165, 1.54) is 0 Å². The molecule has 0 aliphatic carbocycles. The summed E-state index contributed by atoms with van der Waals surface area (Å²) in [6.07, 6.45) is 1.78. The third-order valence-electron chi connectivity index (χ3n) is 3.02. The standard InChI is InChI=1S/C12H17N7OS/c1-13-10-16-11(15-8-9-14-2-7-21-9)18-12(17-10)19-3-5-20-6-4-19/h2,7H,3-6,8H2,1H3,(H2,13,15,16,17,18). The van der Waals surface area contributed by atoms with Gasteiger partial charge in [0, 0.05) is 31.7 Å². The van der Waals surface area contributed by atoms with Gasteiger partial charge >= 0.3 is 0 Å². The smallest absolute Gasteiger partial charge is 0.232 e. The quantitative estimate of drug-likeness (QED) is 0.839. The van der Waals surface area contributed by atoms with E-state index in [4.69, 9.17) is 4.74 Å². The Morgan fingerprint density at radius 2 is 2.05 bits per heavy atom. The summed E-state index contributed by atoms with van der Waals surface area (Å²) in [5.41, 5.74) is 0. The summed E-state index contributed by atoms with van der Waals surface area (Å²) in [6.45, 7) is 3.58. The van der Waals surface area contributed by atoms with Crippen LogP contribution in [-0.2, 0) is 11.3 Å². The summed E-state index contributed by atoms with van der Waals surface area (Å²) in [6, 6.07) is 0. The highest BCUT2D eigenvalue weighted by Crippen LogP contribution is 2.15. The first-order chi connectivity index (χ1) is 10.3. The third-order valence-corrected chi connectivity index (χ3v) is 3.80. The van der Waals surface area contributed by atoms with Gasteiger partial charge in [0.25, 0.3) is 0 Å². The normalized spacial score (nSPS) is 15.0. The highest BCUT2D eigenvalue weighted by Gasteiger charge is 2.16. The van der Waals surface area contributed by atoms with Gasteiger partial charge in [0.15, 0.2) is 0 Å².